The highest BCUT2D eigenvalue weighted by atomic mass is 16.5. The minimum Gasteiger partial charge on any atom is -0.469 e. The third kappa shape index (κ3) is 3.21. The first-order valence-corrected chi connectivity index (χ1v) is 4.83. The number of allylic oxidation sites excluding steroid dienone is 5. The Hall–Kier alpha value is -1.31. The van der Waals surface area contributed by atoms with Gasteiger partial charge in [-0.15, -0.1) is 0 Å². The molecule has 0 aromatic heterocycles. The summed E-state index contributed by atoms with van der Waals surface area (Å²) in [4.78, 5) is 11.1. The second-order valence-corrected chi connectivity index (χ2v) is 3.34. The highest BCUT2D eigenvalue weighted by Crippen LogP contribution is 2.17. The van der Waals surface area contributed by atoms with Crippen LogP contribution in [-0.4, -0.2) is 13.1 Å². The van der Waals surface area contributed by atoms with Gasteiger partial charge in [-0.05, 0) is 30.9 Å². The molecule has 0 amide bonds. The molecule has 2 nitrogen and oxygen atoms in total. The minimum atomic E-state index is -0.173. The first kappa shape index (κ1) is 10.8. The predicted molar refractivity (Wildman–Crippen MR) is 56.8 cm³/mol. The lowest BCUT2D eigenvalue weighted by Gasteiger charge is -2.08. The van der Waals surface area contributed by atoms with Gasteiger partial charge in [0.15, 0.2) is 0 Å². The molecule has 0 fully saturated rings. The fourth-order valence-electron chi connectivity index (χ4n) is 1.37. The van der Waals surface area contributed by atoms with Gasteiger partial charge in [0.25, 0.3) is 0 Å². The van der Waals surface area contributed by atoms with Gasteiger partial charge in [-0.25, -0.2) is 0 Å². The smallest absolute Gasteiger partial charge is 0.309 e. The topological polar surface area (TPSA) is 26.3 Å². The van der Waals surface area contributed by atoms with Crippen LogP contribution in [0.15, 0.2) is 35.5 Å². The third-order valence-electron chi connectivity index (χ3n) is 2.28. The van der Waals surface area contributed by atoms with E-state index in [1.165, 1.54) is 7.11 Å². The first-order chi connectivity index (χ1) is 6.74. The number of carbonyl (C=O) groups is 1. The van der Waals surface area contributed by atoms with Crippen molar-refractivity contribution in [3.05, 3.63) is 35.5 Å². The molecule has 1 aliphatic carbocycles. The molecule has 0 bridgehead atoms. The number of ether oxygens (including phenoxy) is 1. The summed E-state index contributed by atoms with van der Waals surface area (Å²) >= 11 is 0. The molecular formula is C12H16O2. The van der Waals surface area contributed by atoms with Gasteiger partial charge in [0, 0.05) is 0 Å². The summed E-state index contributed by atoms with van der Waals surface area (Å²) in [5.74, 6) is -0.173. The first-order valence-electron chi connectivity index (χ1n) is 4.83. The Morgan fingerprint density at radius 2 is 2.29 bits per heavy atom. The second kappa shape index (κ2) is 5.43. The van der Waals surface area contributed by atoms with E-state index in [1.54, 1.807) is 0 Å². The number of methoxy groups -OCH3 is 1. The number of rotatable bonds is 2. The van der Waals surface area contributed by atoms with E-state index in [0.717, 1.165) is 24.0 Å². The monoisotopic (exact) mass is 192 g/mol. The zero-order valence-corrected chi connectivity index (χ0v) is 8.75. The number of carbonyl (C=O) groups excluding carboxylic acids is 1. The zero-order valence-electron chi connectivity index (χ0n) is 8.75. The summed E-state index contributed by atoms with van der Waals surface area (Å²) in [6, 6.07) is 0. The van der Waals surface area contributed by atoms with Crippen LogP contribution in [0.2, 0.25) is 0 Å². The Kier molecular flexibility index (Phi) is 4.17. The summed E-state index contributed by atoms with van der Waals surface area (Å²) in [6.45, 7) is 2.02. The third-order valence-corrected chi connectivity index (χ3v) is 2.28. The summed E-state index contributed by atoms with van der Waals surface area (Å²) in [5, 5.41) is 0. The molecule has 0 unspecified atom stereocenters. The van der Waals surface area contributed by atoms with Gasteiger partial charge >= 0.3 is 5.97 Å². The molecule has 0 atom stereocenters. The van der Waals surface area contributed by atoms with E-state index in [-0.39, 0.29) is 5.97 Å². The van der Waals surface area contributed by atoms with Gasteiger partial charge in [-0.2, -0.15) is 0 Å². The molecule has 0 aromatic rings. The molecule has 76 valence electrons. The maximum Gasteiger partial charge on any atom is 0.309 e. The number of esters is 1. The molecular weight excluding hydrogens is 176 g/mol. The lowest BCUT2D eigenvalue weighted by atomic mass is 10.00. The van der Waals surface area contributed by atoms with Crippen LogP contribution in [0, 0.1) is 0 Å². The molecule has 0 saturated heterocycles. The summed E-state index contributed by atoms with van der Waals surface area (Å²) in [6.07, 6.45) is 10.7. The van der Waals surface area contributed by atoms with Crippen molar-refractivity contribution >= 4 is 5.97 Å². The average molecular weight is 192 g/mol. The van der Waals surface area contributed by atoms with Crippen molar-refractivity contribution in [3.8, 4) is 0 Å². The van der Waals surface area contributed by atoms with Crippen LogP contribution in [0.1, 0.15) is 26.2 Å². The lowest BCUT2D eigenvalue weighted by molar-refractivity contribution is -0.139. The van der Waals surface area contributed by atoms with Gasteiger partial charge in [-0.3, -0.25) is 4.79 Å². The van der Waals surface area contributed by atoms with Crippen LogP contribution in [-0.2, 0) is 9.53 Å². The molecule has 0 radical (unpaired) electrons. The Bertz CT molecular complexity index is 295. The molecule has 0 N–H and O–H groups in total. The predicted octanol–water partition coefficient (Wildman–Crippen LogP) is 2.77. The standard InChI is InChI=1S/C12H16O2/c1-10-7-5-3-4-6-8-11(10)9-12(13)14-2/h3,5,7-8H,4,6,9H2,1-2H3/b5-3+,10-7?,11-8?. The van der Waals surface area contributed by atoms with Gasteiger partial charge in [0.1, 0.15) is 0 Å². The van der Waals surface area contributed by atoms with Crippen LogP contribution in [0.3, 0.4) is 0 Å². The SMILES string of the molecule is COC(=O)CC1=CCC/C=C/C=C1C. The van der Waals surface area contributed by atoms with Gasteiger partial charge in [0.05, 0.1) is 13.5 Å². The van der Waals surface area contributed by atoms with Crippen LogP contribution >= 0.6 is 0 Å². The van der Waals surface area contributed by atoms with E-state index in [9.17, 15) is 4.79 Å². The molecule has 0 aliphatic heterocycles. The van der Waals surface area contributed by atoms with Crippen molar-refractivity contribution < 1.29 is 9.53 Å². The maximum absolute atomic E-state index is 11.1. The van der Waals surface area contributed by atoms with Crippen LogP contribution < -0.4 is 0 Å². The van der Waals surface area contributed by atoms with Crippen molar-refractivity contribution in [1.29, 1.82) is 0 Å². The van der Waals surface area contributed by atoms with Crippen molar-refractivity contribution in [2.75, 3.05) is 7.11 Å². The van der Waals surface area contributed by atoms with E-state index < -0.39 is 0 Å². The van der Waals surface area contributed by atoms with Crippen molar-refractivity contribution in [3.63, 3.8) is 0 Å². The molecule has 2 heteroatoms. The van der Waals surface area contributed by atoms with Crippen LogP contribution in [0.4, 0.5) is 0 Å². The maximum atomic E-state index is 11.1. The molecule has 1 rings (SSSR count). The van der Waals surface area contributed by atoms with E-state index in [0.29, 0.717) is 6.42 Å². The van der Waals surface area contributed by atoms with E-state index >= 15 is 0 Å². The number of hydrogen-bond donors (Lipinski definition) is 0. The Morgan fingerprint density at radius 3 is 3.00 bits per heavy atom. The zero-order chi connectivity index (χ0) is 10.4. The van der Waals surface area contributed by atoms with Gasteiger partial charge in [0.2, 0.25) is 0 Å². The van der Waals surface area contributed by atoms with Crippen molar-refractivity contribution in [1.82, 2.24) is 0 Å². The average Bonchev–Trinajstić information content (AvgIpc) is 2.17. The summed E-state index contributed by atoms with van der Waals surface area (Å²) < 4.78 is 4.65. The molecule has 0 aromatic carbocycles. The van der Waals surface area contributed by atoms with Gasteiger partial charge in [-0.1, -0.05) is 24.3 Å². The number of hydrogen-bond acceptors (Lipinski definition) is 2. The Labute approximate surface area is 85.0 Å². The second-order valence-electron chi connectivity index (χ2n) is 3.34. The molecule has 0 saturated carbocycles. The van der Waals surface area contributed by atoms with Crippen molar-refractivity contribution in [2.24, 2.45) is 0 Å². The Morgan fingerprint density at radius 1 is 1.50 bits per heavy atom. The van der Waals surface area contributed by atoms with Crippen molar-refractivity contribution in [2.45, 2.75) is 26.2 Å². The molecule has 1 aliphatic rings. The molecule has 0 spiro atoms. The molecule has 0 heterocycles. The highest BCUT2D eigenvalue weighted by Gasteiger charge is 2.07. The summed E-state index contributed by atoms with van der Waals surface area (Å²) in [7, 11) is 1.42. The van der Waals surface area contributed by atoms with Gasteiger partial charge < -0.3 is 4.74 Å². The summed E-state index contributed by atoms with van der Waals surface area (Å²) in [5.41, 5.74) is 2.23. The lowest BCUT2D eigenvalue weighted by Crippen LogP contribution is -2.03. The Balaban J connectivity index is 2.73. The molecule has 14 heavy (non-hydrogen) atoms. The van der Waals surface area contributed by atoms with E-state index in [2.05, 4.69) is 16.9 Å². The van der Waals surface area contributed by atoms with Crippen LogP contribution in [0.5, 0.6) is 0 Å². The normalized spacial score (nSPS) is 18.7. The van der Waals surface area contributed by atoms with Crippen LogP contribution in [0.25, 0.3) is 0 Å². The largest absolute Gasteiger partial charge is 0.469 e. The van der Waals surface area contributed by atoms with E-state index in [1.807, 2.05) is 19.1 Å². The quantitative estimate of drug-likeness (QED) is 0.629. The fourth-order valence-corrected chi connectivity index (χ4v) is 1.37. The fraction of sp³-hybridized carbons (Fsp3) is 0.417. The minimum absolute atomic E-state index is 0.173. The highest BCUT2D eigenvalue weighted by molar-refractivity contribution is 5.73. The van der Waals surface area contributed by atoms with E-state index in [4.69, 9.17) is 0 Å².